The minimum Gasteiger partial charge on any atom is -0.497 e. The van der Waals surface area contributed by atoms with Gasteiger partial charge in [0.2, 0.25) is 0 Å². The number of ether oxygens (including phenoxy) is 2. The van der Waals surface area contributed by atoms with E-state index >= 15 is 0 Å². The molecule has 1 saturated heterocycles. The van der Waals surface area contributed by atoms with Crippen molar-refractivity contribution in [3.05, 3.63) is 54.1 Å². The molecule has 0 amide bonds. The molecule has 2 aromatic carbocycles. The number of hydrogen-bond donors (Lipinski definition) is 0. The molecule has 5 nitrogen and oxygen atoms in total. The minimum absolute atomic E-state index is 0.0478. The summed E-state index contributed by atoms with van der Waals surface area (Å²) in [4.78, 5) is 0. The Labute approximate surface area is 147 Å². The van der Waals surface area contributed by atoms with Crippen molar-refractivity contribution in [3.63, 3.8) is 0 Å². The summed E-state index contributed by atoms with van der Waals surface area (Å²) < 4.78 is 13.5. The first-order valence-corrected chi connectivity index (χ1v) is 8.54. The molecule has 0 N–H and O–H groups in total. The van der Waals surface area contributed by atoms with Crippen molar-refractivity contribution < 1.29 is 9.47 Å². The first-order chi connectivity index (χ1) is 12.0. The summed E-state index contributed by atoms with van der Waals surface area (Å²) in [5.41, 5.74) is 2.64. The van der Waals surface area contributed by atoms with Crippen molar-refractivity contribution >= 4 is 11.0 Å². The SMILES string of the molecule is COc1cccc([C@H](n2nnc3ccccc32)[C@@]2(C(C)(C)C)CO2)c1. The van der Waals surface area contributed by atoms with E-state index in [0.717, 1.165) is 22.3 Å². The molecule has 1 fully saturated rings. The zero-order valence-electron chi connectivity index (χ0n) is 15.1. The van der Waals surface area contributed by atoms with E-state index in [9.17, 15) is 0 Å². The van der Waals surface area contributed by atoms with Crippen molar-refractivity contribution in [3.8, 4) is 5.75 Å². The zero-order chi connectivity index (χ0) is 17.7. The third-order valence-electron chi connectivity index (χ3n) is 5.20. The van der Waals surface area contributed by atoms with E-state index in [-0.39, 0.29) is 17.1 Å². The number of rotatable bonds is 4. The van der Waals surface area contributed by atoms with Crippen LogP contribution in [0.2, 0.25) is 0 Å². The molecule has 25 heavy (non-hydrogen) atoms. The van der Waals surface area contributed by atoms with Gasteiger partial charge in [-0.3, -0.25) is 0 Å². The first kappa shape index (κ1) is 16.1. The van der Waals surface area contributed by atoms with Crippen LogP contribution in [-0.2, 0) is 4.74 Å². The molecular formula is C20H23N3O2. The highest BCUT2D eigenvalue weighted by Crippen LogP contribution is 2.54. The average molecular weight is 337 g/mol. The highest BCUT2D eigenvalue weighted by molar-refractivity contribution is 5.74. The van der Waals surface area contributed by atoms with Crippen LogP contribution in [0.15, 0.2) is 48.5 Å². The van der Waals surface area contributed by atoms with E-state index in [2.05, 4.69) is 49.3 Å². The predicted molar refractivity (Wildman–Crippen MR) is 96.8 cm³/mol. The van der Waals surface area contributed by atoms with Gasteiger partial charge in [0.05, 0.1) is 19.2 Å². The molecule has 130 valence electrons. The molecule has 2 atom stereocenters. The van der Waals surface area contributed by atoms with Gasteiger partial charge >= 0.3 is 0 Å². The van der Waals surface area contributed by atoms with E-state index in [0.29, 0.717) is 6.61 Å². The minimum atomic E-state index is -0.324. The molecule has 0 bridgehead atoms. The topological polar surface area (TPSA) is 52.5 Å². The second-order valence-electron chi connectivity index (χ2n) is 7.63. The number of fused-ring (bicyclic) bond motifs is 1. The van der Waals surface area contributed by atoms with Gasteiger partial charge in [-0.15, -0.1) is 5.10 Å². The number of benzene rings is 2. The summed E-state index contributed by atoms with van der Waals surface area (Å²) in [6, 6.07) is 16.1. The largest absolute Gasteiger partial charge is 0.497 e. The molecule has 3 aromatic rings. The van der Waals surface area contributed by atoms with Crippen molar-refractivity contribution in [2.45, 2.75) is 32.4 Å². The number of nitrogens with zero attached hydrogens (tertiary/aromatic N) is 3. The number of hydrogen-bond acceptors (Lipinski definition) is 4. The maximum atomic E-state index is 6.09. The summed E-state index contributed by atoms with van der Waals surface area (Å²) in [6.07, 6.45) is 0. The van der Waals surface area contributed by atoms with E-state index in [1.165, 1.54) is 0 Å². The number of methoxy groups -OCH3 is 1. The van der Waals surface area contributed by atoms with Crippen LogP contribution in [0.1, 0.15) is 32.4 Å². The molecule has 0 unspecified atom stereocenters. The molecule has 0 saturated carbocycles. The van der Waals surface area contributed by atoms with Crippen molar-refractivity contribution in [2.75, 3.05) is 13.7 Å². The Bertz CT molecular complexity index is 906. The Morgan fingerprint density at radius 2 is 1.92 bits per heavy atom. The van der Waals surface area contributed by atoms with Crippen molar-refractivity contribution in [1.82, 2.24) is 15.0 Å². The fourth-order valence-electron chi connectivity index (χ4n) is 3.58. The van der Waals surface area contributed by atoms with Gasteiger partial charge in [-0.05, 0) is 35.2 Å². The Morgan fingerprint density at radius 1 is 1.16 bits per heavy atom. The van der Waals surface area contributed by atoms with Crippen LogP contribution in [0.4, 0.5) is 0 Å². The molecule has 1 aliphatic rings. The Hall–Kier alpha value is -2.40. The monoisotopic (exact) mass is 337 g/mol. The number of epoxide rings is 1. The lowest BCUT2D eigenvalue weighted by atomic mass is 9.74. The fraction of sp³-hybridized carbons (Fsp3) is 0.400. The van der Waals surface area contributed by atoms with Crippen LogP contribution in [0.5, 0.6) is 5.75 Å². The molecule has 1 aromatic heterocycles. The molecule has 0 aliphatic carbocycles. The van der Waals surface area contributed by atoms with Crippen LogP contribution in [0, 0.1) is 5.41 Å². The second-order valence-corrected chi connectivity index (χ2v) is 7.63. The van der Waals surface area contributed by atoms with E-state index in [4.69, 9.17) is 9.47 Å². The van der Waals surface area contributed by atoms with Crippen LogP contribution in [0.25, 0.3) is 11.0 Å². The normalized spacial score (nSPS) is 21.3. The summed E-state index contributed by atoms with van der Waals surface area (Å²) in [6.45, 7) is 7.34. The molecular weight excluding hydrogens is 314 g/mol. The van der Waals surface area contributed by atoms with Crippen molar-refractivity contribution in [1.29, 1.82) is 0 Å². The van der Waals surface area contributed by atoms with Gasteiger partial charge in [-0.25, -0.2) is 4.68 Å². The van der Waals surface area contributed by atoms with Crippen LogP contribution < -0.4 is 4.74 Å². The zero-order valence-corrected chi connectivity index (χ0v) is 15.1. The lowest BCUT2D eigenvalue weighted by molar-refractivity contribution is 0.108. The molecule has 1 aliphatic heterocycles. The average Bonchev–Trinajstić information content (AvgIpc) is 3.31. The maximum Gasteiger partial charge on any atom is 0.123 e. The Kier molecular flexibility index (Phi) is 3.58. The van der Waals surface area contributed by atoms with Gasteiger partial charge < -0.3 is 9.47 Å². The highest BCUT2D eigenvalue weighted by Gasteiger charge is 2.61. The van der Waals surface area contributed by atoms with Crippen LogP contribution in [-0.4, -0.2) is 34.3 Å². The summed E-state index contributed by atoms with van der Waals surface area (Å²) in [5.74, 6) is 0.830. The smallest absolute Gasteiger partial charge is 0.123 e. The van der Waals surface area contributed by atoms with Gasteiger partial charge in [0.15, 0.2) is 0 Å². The summed E-state index contributed by atoms with van der Waals surface area (Å²) in [7, 11) is 1.69. The standard InChI is InChI=1S/C20H23N3O2/c1-19(2,3)20(13-25-20)18(14-8-7-9-15(12-14)24-4)23-17-11-6-5-10-16(17)21-22-23/h5-12,18H,13H2,1-4H3/t18-,20+/m0/s1. The molecule has 2 heterocycles. The van der Waals surface area contributed by atoms with Crippen molar-refractivity contribution in [2.24, 2.45) is 5.41 Å². The highest BCUT2D eigenvalue weighted by atomic mass is 16.6. The number of para-hydroxylation sites is 1. The third kappa shape index (κ3) is 2.50. The van der Waals surface area contributed by atoms with Crippen LogP contribution >= 0.6 is 0 Å². The van der Waals surface area contributed by atoms with Gasteiger partial charge in [0, 0.05) is 0 Å². The molecule has 0 radical (unpaired) electrons. The quantitative estimate of drug-likeness (QED) is 0.679. The molecule has 5 heteroatoms. The van der Waals surface area contributed by atoms with Gasteiger partial charge in [0.1, 0.15) is 22.9 Å². The predicted octanol–water partition coefficient (Wildman–Crippen LogP) is 3.84. The molecule has 0 spiro atoms. The number of aromatic nitrogens is 3. The third-order valence-corrected chi connectivity index (χ3v) is 5.20. The van der Waals surface area contributed by atoms with E-state index < -0.39 is 0 Å². The fourth-order valence-corrected chi connectivity index (χ4v) is 3.58. The Balaban J connectivity index is 1.93. The lowest BCUT2D eigenvalue weighted by Crippen LogP contribution is -2.40. The van der Waals surface area contributed by atoms with Gasteiger partial charge in [0.25, 0.3) is 0 Å². The second kappa shape index (κ2) is 5.56. The summed E-state index contributed by atoms with van der Waals surface area (Å²) in [5, 5.41) is 8.85. The maximum absolute atomic E-state index is 6.09. The van der Waals surface area contributed by atoms with Crippen LogP contribution in [0.3, 0.4) is 0 Å². The van der Waals surface area contributed by atoms with Gasteiger partial charge in [-0.1, -0.05) is 50.3 Å². The van der Waals surface area contributed by atoms with Gasteiger partial charge in [-0.2, -0.15) is 0 Å². The first-order valence-electron chi connectivity index (χ1n) is 8.54. The Morgan fingerprint density at radius 3 is 2.60 bits per heavy atom. The van der Waals surface area contributed by atoms with E-state index in [1.54, 1.807) is 7.11 Å². The summed E-state index contributed by atoms with van der Waals surface area (Å²) >= 11 is 0. The van der Waals surface area contributed by atoms with E-state index in [1.807, 2.05) is 35.0 Å². The molecule has 4 rings (SSSR count). The lowest BCUT2D eigenvalue weighted by Gasteiger charge is -2.35.